The van der Waals surface area contributed by atoms with E-state index in [0.29, 0.717) is 12.3 Å². The first-order valence-electron chi connectivity index (χ1n) is 7.35. The summed E-state index contributed by atoms with van der Waals surface area (Å²) in [7, 11) is 0. The van der Waals surface area contributed by atoms with Crippen LogP contribution in [-0.4, -0.2) is 35.6 Å². The van der Waals surface area contributed by atoms with E-state index < -0.39 is 5.97 Å². The number of nitrogens with zero attached hydrogens (tertiary/aromatic N) is 1. The van der Waals surface area contributed by atoms with Crippen LogP contribution in [0.2, 0.25) is 5.02 Å². The lowest BCUT2D eigenvalue weighted by molar-refractivity contribution is -0.137. The monoisotopic (exact) mass is 295 g/mol. The Labute approximate surface area is 125 Å². The first-order chi connectivity index (χ1) is 9.65. The molecule has 2 rings (SSSR count). The average molecular weight is 296 g/mol. The topological polar surface area (TPSA) is 40.5 Å². The summed E-state index contributed by atoms with van der Waals surface area (Å²) < 4.78 is 0. The third-order valence-corrected chi connectivity index (χ3v) is 4.30. The number of likely N-dealkylation sites (tertiary alicyclic amines) is 1. The predicted octanol–water partition coefficient (Wildman–Crippen LogP) is 3.77. The zero-order chi connectivity index (χ0) is 14.4. The van der Waals surface area contributed by atoms with Gasteiger partial charge < -0.3 is 10.0 Å². The number of halogens is 1. The number of rotatable bonds is 6. The van der Waals surface area contributed by atoms with Crippen LogP contribution in [0, 0.1) is 0 Å². The third kappa shape index (κ3) is 4.80. The van der Waals surface area contributed by atoms with Crippen LogP contribution in [0.1, 0.15) is 43.6 Å². The van der Waals surface area contributed by atoms with Crippen molar-refractivity contribution in [3.63, 3.8) is 0 Å². The molecule has 0 atom stereocenters. The van der Waals surface area contributed by atoms with Gasteiger partial charge in [-0.05, 0) is 68.9 Å². The number of hydrogen-bond donors (Lipinski definition) is 1. The van der Waals surface area contributed by atoms with Gasteiger partial charge in [-0.15, -0.1) is 0 Å². The quantitative estimate of drug-likeness (QED) is 0.812. The molecule has 0 bridgehead atoms. The molecule has 1 saturated heterocycles. The van der Waals surface area contributed by atoms with Crippen molar-refractivity contribution < 1.29 is 9.90 Å². The fourth-order valence-corrected chi connectivity index (χ4v) is 2.96. The van der Waals surface area contributed by atoms with Gasteiger partial charge in [0.05, 0.1) is 0 Å². The second-order valence-corrected chi connectivity index (χ2v) is 5.95. The fourth-order valence-electron chi connectivity index (χ4n) is 2.84. The average Bonchev–Trinajstić information content (AvgIpc) is 2.45. The lowest BCUT2D eigenvalue weighted by atomic mass is 9.89. The minimum atomic E-state index is -0.688. The molecule has 0 aromatic heterocycles. The van der Waals surface area contributed by atoms with Crippen molar-refractivity contribution in [2.24, 2.45) is 0 Å². The van der Waals surface area contributed by atoms with Gasteiger partial charge in [-0.3, -0.25) is 4.79 Å². The molecule has 1 fully saturated rings. The van der Waals surface area contributed by atoms with E-state index in [0.717, 1.165) is 37.5 Å². The molecule has 1 aliphatic heterocycles. The van der Waals surface area contributed by atoms with Gasteiger partial charge in [0.2, 0.25) is 0 Å². The van der Waals surface area contributed by atoms with E-state index in [1.165, 1.54) is 18.4 Å². The normalized spacial score (nSPS) is 17.2. The van der Waals surface area contributed by atoms with Gasteiger partial charge in [0.25, 0.3) is 0 Å². The highest BCUT2D eigenvalue weighted by molar-refractivity contribution is 6.30. The number of hydrogen-bond acceptors (Lipinski definition) is 2. The van der Waals surface area contributed by atoms with E-state index in [-0.39, 0.29) is 0 Å². The Balaban J connectivity index is 1.69. The van der Waals surface area contributed by atoms with Gasteiger partial charge in [0.15, 0.2) is 0 Å². The molecule has 3 nitrogen and oxygen atoms in total. The van der Waals surface area contributed by atoms with Crippen molar-refractivity contribution in [1.82, 2.24) is 4.90 Å². The van der Waals surface area contributed by atoms with Crippen molar-refractivity contribution in [3.8, 4) is 0 Å². The van der Waals surface area contributed by atoms with Crippen LogP contribution in [0.3, 0.4) is 0 Å². The summed E-state index contributed by atoms with van der Waals surface area (Å²) in [6.07, 6.45) is 4.42. The Morgan fingerprint density at radius 3 is 2.45 bits per heavy atom. The van der Waals surface area contributed by atoms with Crippen LogP contribution < -0.4 is 0 Å². The van der Waals surface area contributed by atoms with Crippen LogP contribution >= 0.6 is 11.6 Å². The van der Waals surface area contributed by atoms with E-state index in [9.17, 15) is 4.79 Å². The van der Waals surface area contributed by atoms with Crippen molar-refractivity contribution in [3.05, 3.63) is 34.9 Å². The van der Waals surface area contributed by atoms with Gasteiger partial charge >= 0.3 is 5.97 Å². The highest BCUT2D eigenvalue weighted by Gasteiger charge is 2.20. The molecule has 0 unspecified atom stereocenters. The Bertz CT molecular complexity index is 425. The fraction of sp³-hybridized carbons (Fsp3) is 0.562. The number of carbonyl (C=O) groups is 1. The van der Waals surface area contributed by atoms with E-state index in [4.69, 9.17) is 16.7 Å². The minimum Gasteiger partial charge on any atom is -0.481 e. The number of benzene rings is 1. The third-order valence-electron chi connectivity index (χ3n) is 4.04. The Kier molecular flexibility index (Phi) is 5.86. The largest absolute Gasteiger partial charge is 0.481 e. The van der Waals surface area contributed by atoms with Crippen LogP contribution in [0.5, 0.6) is 0 Å². The standard InChI is InChI=1S/C16H22ClNO2/c17-15-6-4-13(5-7-15)14-8-11-18(12-9-14)10-2-1-3-16(19)20/h4-7,14H,1-3,8-12H2,(H,19,20). The van der Waals surface area contributed by atoms with Gasteiger partial charge in [0.1, 0.15) is 0 Å². The van der Waals surface area contributed by atoms with Gasteiger partial charge in [-0.25, -0.2) is 0 Å². The lowest BCUT2D eigenvalue weighted by Gasteiger charge is -2.32. The van der Waals surface area contributed by atoms with E-state index in [1.807, 2.05) is 12.1 Å². The number of piperidine rings is 1. The number of carboxylic acid groups (broad SMARTS) is 1. The predicted molar refractivity (Wildman–Crippen MR) is 81.4 cm³/mol. The lowest BCUT2D eigenvalue weighted by Crippen LogP contribution is -2.33. The molecule has 0 aliphatic carbocycles. The SMILES string of the molecule is O=C(O)CCCCN1CCC(c2ccc(Cl)cc2)CC1. The minimum absolute atomic E-state index is 0.293. The van der Waals surface area contributed by atoms with Crippen molar-refractivity contribution >= 4 is 17.6 Å². The summed E-state index contributed by atoms with van der Waals surface area (Å²) in [6, 6.07) is 8.20. The van der Waals surface area contributed by atoms with Gasteiger partial charge in [-0.1, -0.05) is 23.7 Å². The summed E-state index contributed by atoms with van der Waals surface area (Å²) in [6.45, 7) is 3.25. The van der Waals surface area contributed by atoms with Crippen LogP contribution in [0.25, 0.3) is 0 Å². The molecule has 110 valence electrons. The molecule has 1 aromatic carbocycles. The zero-order valence-electron chi connectivity index (χ0n) is 11.7. The summed E-state index contributed by atoms with van der Waals surface area (Å²) in [5.41, 5.74) is 1.39. The number of carboxylic acids is 1. The maximum absolute atomic E-state index is 10.5. The molecule has 1 N–H and O–H groups in total. The van der Waals surface area contributed by atoms with Gasteiger partial charge in [-0.2, -0.15) is 0 Å². The molecule has 1 heterocycles. The zero-order valence-corrected chi connectivity index (χ0v) is 12.5. The van der Waals surface area contributed by atoms with Crippen LogP contribution in [-0.2, 0) is 4.79 Å². The van der Waals surface area contributed by atoms with Gasteiger partial charge in [0, 0.05) is 11.4 Å². The smallest absolute Gasteiger partial charge is 0.303 e. The maximum Gasteiger partial charge on any atom is 0.303 e. The van der Waals surface area contributed by atoms with Crippen molar-refractivity contribution in [2.45, 2.75) is 38.0 Å². The Hall–Kier alpha value is -1.06. The number of aliphatic carboxylic acids is 1. The molecule has 0 amide bonds. The molecule has 0 saturated carbocycles. The van der Waals surface area contributed by atoms with Crippen molar-refractivity contribution in [2.75, 3.05) is 19.6 Å². The molecule has 20 heavy (non-hydrogen) atoms. The first kappa shape index (κ1) is 15.3. The Morgan fingerprint density at radius 2 is 1.85 bits per heavy atom. The summed E-state index contributed by atoms with van der Waals surface area (Å²) in [5, 5.41) is 9.40. The number of unbranched alkanes of at least 4 members (excludes halogenated alkanes) is 1. The highest BCUT2D eigenvalue weighted by atomic mass is 35.5. The second-order valence-electron chi connectivity index (χ2n) is 5.52. The highest BCUT2D eigenvalue weighted by Crippen LogP contribution is 2.28. The second kappa shape index (κ2) is 7.65. The van der Waals surface area contributed by atoms with E-state index >= 15 is 0 Å². The molecule has 0 spiro atoms. The molecule has 4 heteroatoms. The molecule has 1 aliphatic rings. The van der Waals surface area contributed by atoms with Crippen molar-refractivity contribution in [1.29, 1.82) is 0 Å². The van der Waals surface area contributed by atoms with E-state index in [2.05, 4.69) is 17.0 Å². The molecule has 0 radical (unpaired) electrons. The van der Waals surface area contributed by atoms with Crippen LogP contribution in [0.4, 0.5) is 0 Å². The molecule has 1 aromatic rings. The summed E-state index contributed by atoms with van der Waals surface area (Å²) in [4.78, 5) is 12.9. The van der Waals surface area contributed by atoms with E-state index in [1.54, 1.807) is 0 Å². The summed E-state index contributed by atoms with van der Waals surface area (Å²) in [5.74, 6) is -0.0472. The first-order valence-corrected chi connectivity index (χ1v) is 7.72. The van der Waals surface area contributed by atoms with Crippen LogP contribution in [0.15, 0.2) is 24.3 Å². The Morgan fingerprint density at radius 1 is 1.20 bits per heavy atom. The maximum atomic E-state index is 10.5. The molecular formula is C16H22ClNO2. The summed E-state index contributed by atoms with van der Waals surface area (Å²) >= 11 is 5.92. The molecular weight excluding hydrogens is 274 g/mol.